The van der Waals surface area contributed by atoms with E-state index in [0.717, 1.165) is 16.8 Å². The first-order valence-electron chi connectivity index (χ1n) is 9.90. The second-order valence-corrected chi connectivity index (χ2v) is 8.76. The van der Waals surface area contributed by atoms with Gasteiger partial charge in [-0.05, 0) is 43.2 Å². The lowest BCUT2D eigenvalue weighted by Gasteiger charge is -2.13. The average Bonchev–Trinajstić information content (AvgIpc) is 3.24. The lowest BCUT2D eigenvalue weighted by Crippen LogP contribution is -2.41. The van der Waals surface area contributed by atoms with Crippen LogP contribution in [0.2, 0.25) is 0 Å². The molecule has 1 aromatic heterocycles. The van der Waals surface area contributed by atoms with E-state index in [9.17, 15) is 8.42 Å². The summed E-state index contributed by atoms with van der Waals surface area (Å²) < 4.78 is 33.2. The van der Waals surface area contributed by atoms with E-state index in [1.165, 1.54) is 0 Å². The third-order valence-corrected chi connectivity index (χ3v) is 6.18. The monoisotopic (exact) mass is 441 g/mol. The fourth-order valence-electron chi connectivity index (χ4n) is 2.94. The Morgan fingerprint density at radius 2 is 1.84 bits per heavy atom. The van der Waals surface area contributed by atoms with Crippen LogP contribution in [0, 0.1) is 13.8 Å². The SMILES string of the molecule is CN=C(NCCNS(=O)(=O)c1cc(C)ccc1C)NCc1coc(-c2ccccc2)n1. The predicted molar refractivity (Wildman–Crippen MR) is 121 cm³/mol. The number of aliphatic imine (C=N–C) groups is 1. The van der Waals surface area contributed by atoms with Crippen molar-refractivity contribution >= 4 is 16.0 Å². The molecule has 0 atom stereocenters. The molecule has 0 aliphatic rings. The van der Waals surface area contributed by atoms with Crippen molar-refractivity contribution in [1.82, 2.24) is 20.3 Å². The largest absolute Gasteiger partial charge is 0.444 e. The Balaban J connectivity index is 1.47. The summed E-state index contributed by atoms with van der Waals surface area (Å²) in [5.41, 5.74) is 3.26. The molecule has 9 heteroatoms. The molecule has 0 aliphatic carbocycles. The average molecular weight is 442 g/mol. The second kappa shape index (κ2) is 10.2. The number of nitrogens with zero attached hydrogens (tertiary/aromatic N) is 2. The summed E-state index contributed by atoms with van der Waals surface area (Å²) in [5.74, 6) is 1.09. The molecule has 0 unspecified atom stereocenters. The van der Waals surface area contributed by atoms with Gasteiger partial charge < -0.3 is 15.1 Å². The maximum Gasteiger partial charge on any atom is 0.240 e. The summed E-state index contributed by atoms with van der Waals surface area (Å²) in [6.45, 7) is 4.67. The van der Waals surface area contributed by atoms with Crippen LogP contribution in [0.3, 0.4) is 0 Å². The fraction of sp³-hybridized carbons (Fsp3) is 0.273. The van der Waals surface area contributed by atoms with E-state index in [0.29, 0.717) is 35.4 Å². The van der Waals surface area contributed by atoms with Crippen molar-refractivity contribution in [3.05, 3.63) is 71.6 Å². The van der Waals surface area contributed by atoms with Gasteiger partial charge in [0.1, 0.15) is 6.26 Å². The normalized spacial score (nSPS) is 12.0. The molecule has 164 valence electrons. The van der Waals surface area contributed by atoms with Crippen LogP contribution >= 0.6 is 0 Å². The van der Waals surface area contributed by atoms with E-state index in [1.807, 2.05) is 43.3 Å². The summed E-state index contributed by atoms with van der Waals surface area (Å²) in [7, 11) is -1.92. The number of hydrogen-bond acceptors (Lipinski definition) is 5. The van der Waals surface area contributed by atoms with Crippen molar-refractivity contribution in [3.63, 3.8) is 0 Å². The van der Waals surface area contributed by atoms with Gasteiger partial charge in [0.25, 0.3) is 0 Å². The van der Waals surface area contributed by atoms with Crippen molar-refractivity contribution in [2.45, 2.75) is 25.3 Å². The van der Waals surface area contributed by atoms with Gasteiger partial charge in [0.15, 0.2) is 5.96 Å². The Hall–Kier alpha value is -3.17. The van der Waals surface area contributed by atoms with E-state index in [1.54, 1.807) is 32.4 Å². The minimum absolute atomic E-state index is 0.221. The molecule has 0 saturated heterocycles. The molecular formula is C22H27N5O3S. The third-order valence-electron chi connectivity index (χ3n) is 4.58. The Kier molecular flexibility index (Phi) is 7.43. The Bertz CT molecular complexity index is 1140. The first kappa shape index (κ1) is 22.5. The first-order chi connectivity index (χ1) is 14.9. The number of sulfonamides is 1. The number of guanidine groups is 1. The van der Waals surface area contributed by atoms with Gasteiger partial charge in [-0.15, -0.1) is 0 Å². The molecule has 0 amide bonds. The van der Waals surface area contributed by atoms with Crippen molar-refractivity contribution < 1.29 is 12.8 Å². The Morgan fingerprint density at radius 1 is 1.06 bits per heavy atom. The number of nitrogens with one attached hydrogen (secondary N) is 3. The highest BCUT2D eigenvalue weighted by atomic mass is 32.2. The number of rotatable bonds is 8. The molecule has 3 N–H and O–H groups in total. The van der Waals surface area contributed by atoms with Crippen LogP contribution < -0.4 is 15.4 Å². The van der Waals surface area contributed by atoms with Gasteiger partial charge in [-0.1, -0.05) is 30.3 Å². The number of hydrogen-bond donors (Lipinski definition) is 3. The number of aryl methyl sites for hydroxylation is 2. The topological polar surface area (TPSA) is 109 Å². The molecule has 2 aromatic carbocycles. The maximum atomic E-state index is 12.5. The molecule has 0 spiro atoms. The molecule has 3 aromatic rings. The van der Waals surface area contributed by atoms with Gasteiger partial charge in [0.2, 0.25) is 15.9 Å². The van der Waals surface area contributed by atoms with E-state index in [2.05, 4.69) is 25.3 Å². The third kappa shape index (κ3) is 6.16. The minimum atomic E-state index is -3.57. The second-order valence-electron chi connectivity index (χ2n) is 7.03. The standard InChI is InChI=1S/C22H27N5O3S/c1-16-9-10-17(2)20(13-16)31(28,29)26-12-11-24-22(23-3)25-14-19-15-30-21(27-19)18-7-5-4-6-8-18/h4-10,13,15,26H,11-12,14H2,1-3H3,(H2,23,24,25). The summed E-state index contributed by atoms with van der Waals surface area (Å²) in [6.07, 6.45) is 1.60. The highest BCUT2D eigenvalue weighted by Crippen LogP contribution is 2.18. The molecule has 1 heterocycles. The fourth-order valence-corrected chi connectivity index (χ4v) is 4.30. The van der Waals surface area contributed by atoms with Crippen LogP contribution in [0.25, 0.3) is 11.5 Å². The highest BCUT2D eigenvalue weighted by Gasteiger charge is 2.16. The number of oxazole rings is 1. The van der Waals surface area contributed by atoms with E-state index < -0.39 is 10.0 Å². The van der Waals surface area contributed by atoms with Crippen LogP contribution in [0.5, 0.6) is 0 Å². The summed E-state index contributed by atoms with van der Waals surface area (Å²) >= 11 is 0. The van der Waals surface area contributed by atoms with Crippen LogP contribution in [0.1, 0.15) is 16.8 Å². The smallest absolute Gasteiger partial charge is 0.240 e. The number of benzene rings is 2. The highest BCUT2D eigenvalue weighted by molar-refractivity contribution is 7.89. The maximum absolute atomic E-state index is 12.5. The van der Waals surface area contributed by atoms with Crippen LogP contribution in [-0.4, -0.2) is 39.5 Å². The summed E-state index contributed by atoms with van der Waals surface area (Å²) in [6, 6.07) is 15.0. The summed E-state index contributed by atoms with van der Waals surface area (Å²) in [4.78, 5) is 8.91. The van der Waals surface area contributed by atoms with E-state index >= 15 is 0 Å². The lowest BCUT2D eigenvalue weighted by molar-refractivity contribution is 0.571. The molecule has 0 fully saturated rings. The zero-order valence-electron chi connectivity index (χ0n) is 17.8. The van der Waals surface area contributed by atoms with Crippen molar-refractivity contribution in [3.8, 4) is 11.5 Å². The van der Waals surface area contributed by atoms with Crippen molar-refractivity contribution in [1.29, 1.82) is 0 Å². The van der Waals surface area contributed by atoms with Crippen LogP contribution in [0.4, 0.5) is 0 Å². The van der Waals surface area contributed by atoms with Crippen LogP contribution in [-0.2, 0) is 16.6 Å². The number of aromatic nitrogens is 1. The van der Waals surface area contributed by atoms with Gasteiger partial charge in [0, 0.05) is 25.7 Å². The molecule has 0 saturated carbocycles. The quantitative estimate of drug-likeness (QED) is 0.282. The van der Waals surface area contributed by atoms with Crippen molar-refractivity contribution in [2.24, 2.45) is 4.99 Å². The molecule has 0 bridgehead atoms. The molecule has 0 radical (unpaired) electrons. The van der Waals surface area contributed by atoms with Gasteiger partial charge in [-0.2, -0.15) is 0 Å². The predicted octanol–water partition coefficient (Wildman–Crippen LogP) is 2.60. The molecule has 3 rings (SSSR count). The minimum Gasteiger partial charge on any atom is -0.444 e. The van der Waals surface area contributed by atoms with E-state index in [4.69, 9.17) is 4.42 Å². The summed E-state index contributed by atoms with van der Waals surface area (Å²) in [5, 5.41) is 6.22. The van der Waals surface area contributed by atoms with Gasteiger partial charge in [-0.3, -0.25) is 4.99 Å². The van der Waals surface area contributed by atoms with Gasteiger partial charge in [0.05, 0.1) is 17.1 Å². The molecule has 31 heavy (non-hydrogen) atoms. The van der Waals surface area contributed by atoms with Crippen molar-refractivity contribution in [2.75, 3.05) is 20.1 Å². The zero-order valence-corrected chi connectivity index (χ0v) is 18.7. The van der Waals surface area contributed by atoms with Gasteiger partial charge in [-0.25, -0.2) is 18.1 Å². The van der Waals surface area contributed by atoms with Gasteiger partial charge >= 0.3 is 0 Å². The Labute approximate surface area is 182 Å². The van der Waals surface area contributed by atoms with E-state index in [-0.39, 0.29) is 6.54 Å². The first-order valence-corrected chi connectivity index (χ1v) is 11.4. The molecule has 8 nitrogen and oxygen atoms in total. The zero-order chi connectivity index (χ0) is 22.3. The molecular weight excluding hydrogens is 414 g/mol. The Morgan fingerprint density at radius 3 is 2.58 bits per heavy atom. The lowest BCUT2D eigenvalue weighted by atomic mass is 10.2. The van der Waals surface area contributed by atoms with Crippen LogP contribution in [0.15, 0.2) is 69.1 Å². The molecule has 0 aliphatic heterocycles.